The molecule has 0 heterocycles. The normalized spacial score (nSPS) is 39.2. The maximum Gasteiger partial charge on any atom is 0.0693 e. The van der Waals surface area contributed by atoms with E-state index in [0.29, 0.717) is 34.5 Å². The summed E-state index contributed by atoms with van der Waals surface area (Å²) in [6.45, 7) is 28.7. The number of hydrogen-bond donors (Lipinski definition) is 1. The first-order valence-electron chi connectivity index (χ1n) is 16.3. The number of hydrogen-bond acceptors (Lipinski definition) is 3. The van der Waals surface area contributed by atoms with Crippen molar-refractivity contribution < 1.29 is 0 Å². The highest BCUT2D eigenvalue weighted by Gasteiger charge is 2.53. The summed E-state index contributed by atoms with van der Waals surface area (Å²) in [5.74, 6) is 2.67. The smallest absolute Gasteiger partial charge is 0.0693 e. The van der Waals surface area contributed by atoms with E-state index in [0.717, 1.165) is 44.4 Å². The van der Waals surface area contributed by atoms with E-state index >= 15 is 0 Å². The van der Waals surface area contributed by atoms with Crippen molar-refractivity contribution in [2.75, 3.05) is 0 Å². The van der Waals surface area contributed by atoms with E-state index < -0.39 is 0 Å². The molecule has 3 nitrogen and oxygen atoms in total. The topological polar surface area (TPSA) is 73.6 Å². The molecule has 0 aromatic heterocycles. The Morgan fingerprint density at radius 2 is 1.48 bits per heavy atom. The number of allylic oxidation sites excluding steroid dienone is 3. The van der Waals surface area contributed by atoms with Gasteiger partial charge in [0, 0.05) is 5.54 Å². The highest BCUT2D eigenvalue weighted by molar-refractivity contribution is 5.21. The predicted molar refractivity (Wildman–Crippen MR) is 171 cm³/mol. The average molecular weight is 550 g/mol. The van der Waals surface area contributed by atoms with Crippen LogP contribution in [0.25, 0.3) is 0 Å². The van der Waals surface area contributed by atoms with E-state index in [1.807, 2.05) is 0 Å². The molecule has 0 saturated heterocycles. The van der Waals surface area contributed by atoms with E-state index in [1.165, 1.54) is 36.8 Å². The lowest BCUT2D eigenvalue weighted by atomic mass is 9.47. The van der Waals surface area contributed by atoms with Crippen LogP contribution >= 0.6 is 0 Å². The lowest BCUT2D eigenvalue weighted by molar-refractivity contribution is -0.0577. The SMILES string of the molecule is C=C1CCC(N)(C(C)C)CC1C.CC(C)C12CCC(C)(CC1)C(C#N)C2.CC1C=C(C(C)(C)C)CCC1(C)C#N. The number of nitrogens with zero attached hydrogens (tertiary/aromatic N) is 2. The first-order chi connectivity index (χ1) is 18.3. The molecule has 2 bridgehead atoms. The van der Waals surface area contributed by atoms with Crippen LogP contribution in [0, 0.1) is 73.9 Å². The summed E-state index contributed by atoms with van der Waals surface area (Å²) in [6, 6.07) is 5.01. The molecule has 5 atom stereocenters. The van der Waals surface area contributed by atoms with Crippen molar-refractivity contribution in [2.45, 2.75) is 146 Å². The Bertz CT molecular complexity index is 988. The van der Waals surface area contributed by atoms with Crippen LogP contribution in [-0.2, 0) is 0 Å². The summed E-state index contributed by atoms with van der Waals surface area (Å²) in [6.07, 6.45) is 14.2. The molecule has 40 heavy (non-hydrogen) atoms. The molecular weight excluding hydrogens is 486 g/mol. The Morgan fingerprint density at radius 1 is 0.900 bits per heavy atom. The van der Waals surface area contributed by atoms with Gasteiger partial charge in [0.05, 0.1) is 23.5 Å². The Morgan fingerprint density at radius 3 is 1.88 bits per heavy atom. The maximum absolute atomic E-state index is 9.22. The van der Waals surface area contributed by atoms with Gasteiger partial charge >= 0.3 is 0 Å². The fourth-order valence-electron chi connectivity index (χ4n) is 7.49. The van der Waals surface area contributed by atoms with Crippen LogP contribution in [0.3, 0.4) is 0 Å². The number of nitriles is 2. The summed E-state index contributed by atoms with van der Waals surface area (Å²) in [4.78, 5) is 0. The fraction of sp³-hybridized carbons (Fsp3) is 0.838. The van der Waals surface area contributed by atoms with Crippen molar-refractivity contribution in [1.82, 2.24) is 0 Å². The van der Waals surface area contributed by atoms with Crippen LogP contribution in [0.4, 0.5) is 0 Å². The van der Waals surface area contributed by atoms with Gasteiger partial charge in [-0.25, -0.2) is 0 Å². The molecule has 0 amide bonds. The molecule has 0 radical (unpaired) electrons. The molecular formula is C37H63N3. The van der Waals surface area contributed by atoms with Crippen molar-refractivity contribution >= 4 is 0 Å². The second kappa shape index (κ2) is 12.7. The summed E-state index contributed by atoms with van der Waals surface area (Å²) in [7, 11) is 0. The lowest BCUT2D eigenvalue weighted by Gasteiger charge is -2.56. The van der Waals surface area contributed by atoms with Gasteiger partial charge in [-0.3, -0.25) is 0 Å². The van der Waals surface area contributed by atoms with Crippen LogP contribution in [0.1, 0.15) is 140 Å². The van der Waals surface area contributed by atoms with Crippen LogP contribution in [-0.4, -0.2) is 5.54 Å². The number of rotatable bonds is 2. The predicted octanol–water partition coefficient (Wildman–Crippen LogP) is 10.4. The average Bonchev–Trinajstić information content (AvgIpc) is 2.88. The Hall–Kier alpha value is -1.58. The van der Waals surface area contributed by atoms with Crippen LogP contribution in [0.5, 0.6) is 0 Å². The van der Waals surface area contributed by atoms with Crippen molar-refractivity contribution in [3.8, 4) is 12.1 Å². The van der Waals surface area contributed by atoms with Crippen LogP contribution in [0.2, 0.25) is 0 Å². The van der Waals surface area contributed by atoms with Crippen molar-refractivity contribution in [3.63, 3.8) is 0 Å². The molecule has 4 saturated carbocycles. The van der Waals surface area contributed by atoms with E-state index in [9.17, 15) is 5.26 Å². The molecule has 226 valence electrons. The third-order valence-electron chi connectivity index (χ3n) is 12.3. The summed E-state index contributed by atoms with van der Waals surface area (Å²) in [5.41, 5.74) is 10.3. The standard InChI is InChI=1S/2C13H21N.C11H21N/c1-10(2)13-6-4-12(3,5-7-13)11(8-13)9-14;1-10-8-11(12(2,3)4)6-7-13(10,5)9-14;1-8(2)11(12)6-5-9(3)10(4)7-11/h10-11H,4-8H2,1-3H3;8,10H,6-7H2,1-5H3;8,10H,3,5-7,12H2,1-2,4H3. The van der Waals surface area contributed by atoms with Gasteiger partial charge in [-0.2, -0.15) is 10.5 Å². The molecule has 4 fully saturated rings. The second-order valence-corrected chi connectivity index (χ2v) is 16.5. The van der Waals surface area contributed by atoms with Gasteiger partial charge in [-0.1, -0.05) is 93.0 Å². The Balaban J connectivity index is 0.000000211. The van der Waals surface area contributed by atoms with Gasteiger partial charge in [0.2, 0.25) is 0 Å². The zero-order valence-electron chi connectivity index (χ0n) is 28.2. The fourth-order valence-corrected chi connectivity index (χ4v) is 7.49. The van der Waals surface area contributed by atoms with Crippen LogP contribution < -0.4 is 5.73 Å². The molecule has 5 aliphatic carbocycles. The first kappa shape index (κ1) is 34.6. The molecule has 2 N–H and O–H groups in total. The van der Waals surface area contributed by atoms with E-state index in [2.05, 4.69) is 101 Å². The van der Waals surface area contributed by atoms with Gasteiger partial charge in [0.15, 0.2) is 0 Å². The van der Waals surface area contributed by atoms with Gasteiger partial charge in [-0.15, -0.1) is 0 Å². The molecule has 5 aliphatic rings. The molecule has 0 aliphatic heterocycles. The minimum Gasteiger partial charge on any atom is -0.325 e. The van der Waals surface area contributed by atoms with Gasteiger partial charge < -0.3 is 5.73 Å². The van der Waals surface area contributed by atoms with Crippen LogP contribution in [0.15, 0.2) is 23.8 Å². The zero-order chi connectivity index (χ0) is 30.7. The van der Waals surface area contributed by atoms with E-state index in [1.54, 1.807) is 0 Å². The molecule has 0 spiro atoms. The minimum atomic E-state index is -0.144. The lowest BCUT2D eigenvalue weighted by Crippen LogP contribution is -2.48. The monoisotopic (exact) mass is 550 g/mol. The molecule has 0 aromatic rings. The zero-order valence-corrected chi connectivity index (χ0v) is 28.2. The first-order valence-corrected chi connectivity index (χ1v) is 16.3. The van der Waals surface area contributed by atoms with Crippen molar-refractivity contribution in [1.29, 1.82) is 10.5 Å². The number of fused-ring (bicyclic) bond motifs is 3. The Kier molecular flexibility index (Phi) is 11.0. The van der Waals surface area contributed by atoms with Gasteiger partial charge in [-0.05, 0) is 111 Å². The summed E-state index contributed by atoms with van der Waals surface area (Å²) >= 11 is 0. The minimum absolute atomic E-state index is 0.0700. The van der Waals surface area contributed by atoms with E-state index in [-0.39, 0.29) is 16.4 Å². The molecule has 5 rings (SSSR count). The highest BCUT2D eigenvalue weighted by atomic mass is 14.8. The third-order valence-corrected chi connectivity index (χ3v) is 12.3. The molecule has 5 unspecified atom stereocenters. The van der Waals surface area contributed by atoms with Gasteiger partial charge in [0.1, 0.15) is 0 Å². The highest BCUT2D eigenvalue weighted by Crippen LogP contribution is 2.61. The quantitative estimate of drug-likeness (QED) is 0.348. The van der Waals surface area contributed by atoms with E-state index in [4.69, 9.17) is 11.0 Å². The summed E-state index contributed by atoms with van der Waals surface area (Å²) < 4.78 is 0. The number of nitrogens with two attached hydrogens (primary N) is 1. The van der Waals surface area contributed by atoms with Crippen molar-refractivity contribution in [2.24, 2.45) is 57.0 Å². The molecule has 3 heteroatoms. The largest absolute Gasteiger partial charge is 0.325 e. The van der Waals surface area contributed by atoms with Crippen molar-refractivity contribution in [3.05, 3.63) is 23.8 Å². The maximum atomic E-state index is 9.22. The van der Waals surface area contributed by atoms with Gasteiger partial charge in [0.25, 0.3) is 0 Å². The second-order valence-electron chi connectivity index (χ2n) is 16.5. The summed E-state index contributed by atoms with van der Waals surface area (Å²) in [5, 5.41) is 18.4. The third kappa shape index (κ3) is 7.62. The molecule has 0 aromatic carbocycles. The Labute approximate surface area is 249 Å².